The van der Waals surface area contributed by atoms with E-state index in [0.29, 0.717) is 11.0 Å². The molecule has 108 valence electrons. The average Bonchev–Trinajstić information content (AvgIpc) is 2.83. The highest BCUT2D eigenvalue weighted by atomic mass is 79.9. The third-order valence-electron chi connectivity index (χ3n) is 3.61. The number of para-hydroxylation sites is 1. The normalized spacial score (nSPS) is 11.2. The molecule has 0 bridgehead atoms. The van der Waals surface area contributed by atoms with Crippen LogP contribution < -0.4 is 5.32 Å². The molecular formula is C17H16BrFN2. The van der Waals surface area contributed by atoms with Crippen LogP contribution in [0.5, 0.6) is 0 Å². The molecule has 3 rings (SSSR count). The number of rotatable bonds is 4. The van der Waals surface area contributed by atoms with E-state index in [-0.39, 0.29) is 5.82 Å². The van der Waals surface area contributed by atoms with Gasteiger partial charge in [-0.25, -0.2) is 4.39 Å². The summed E-state index contributed by atoms with van der Waals surface area (Å²) in [6.07, 6.45) is 2.14. The Morgan fingerprint density at radius 3 is 2.71 bits per heavy atom. The first-order valence-electron chi connectivity index (χ1n) is 6.85. The van der Waals surface area contributed by atoms with E-state index in [4.69, 9.17) is 0 Å². The minimum Gasteiger partial charge on any atom is -0.343 e. The van der Waals surface area contributed by atoms with Crippen LogP contribution in [0.25, 0.3) is 10.9 Å². The van der Waals surface area contributed by atoms with Crippen molar-refractivity contribution in [3.8, 4) is 0 Å². The fourth-order valence-electron chi connectivity index (χ4n) is 2.64. The fourth-order valence-corrected chi connectivity index (χ4v) is 3.03. The zero-order valence-electron chi connectivity index (χ0n) is 11.7. The molecule has 4 heteroatoms. The Morgan fingerprint density at radius 1 is 1.10 bits per heavy atom. The van der Waals surface area contributed by atoms with Gasteiger partial charge in [-0.3, -0.25) is 0 Å². The molecule has 3 aromatic rings. The van der Waals surface area contributed by atoms with Crippen LogP contribution in [0.15, 0.2) is 53.1 Å². The lowest BCUT2D eigenvalue weighted by Gasteiger charge is -2.08. The Hall–Kier alpha value is -1.65. The summed E-state index contributed by atoms with van der Waals surface area (Å²) in [7, 11) is 1.94. The molecule has 2 nitrogen and oxygen atoms in total. The van der Waals surface area contributed by atoms with Gasteiger partial charge in [0.1, 0.15) is 5.82 Å². The number of hydrogen-bond acceptors (Lipinski definition) is 1. The minimum absolute atomic E-state index is 0.223. The van der Waals surface area contributed by atoms with Gasteiger partial charge in [-0.2, -0.15) is 0 Å². The first-order valence-corrected chi connectivity index (χ1v) is 7.64. The third-order valence-corrected chi connectivity index (χ3v) is 4.50. The van der Waals surface area contributed by atoms with E-state index in [1.165, 1.54) is 22.5 Å². The highest BCUT2D eigenvalue weighted by Crippen LogP contribution is 2.26. The number of nitrogens with zero attached hydrogens (tertiary/aromatic N) is 1. The number of aromatic nitrogens is 1. The van der Waals surface area contributed by atoms with Gasteiger partial charge >= 0.3 is 0 Å². The summed E-state index contributed by atoms with van der Waals surface area (Å²) in [5, 5.41) is 4.43. The van der Waals surface area contributed by atoms with Gasteiger partial charge in [0.05, 0.1) is 4.47 Å². The summed E-state index contributed by atoms with van der Waals surface area (Å²) in [5.41, 5.74) is 3.35. The smallest absolute Gasteiger partial charge is 0.137 e. The van der Waals surface area contributed by atoms with E-state index in [1.807, 2.05) is 25.2 Å². The Kier molecular flexibility index (Phi) is 4.08. The van der Waals surface area contributed by atoms with Crippen molar-refractivity contribution < 1.29 is 4.39 Å². The second-order valence-corrected chi connectivity index (χ2v) is 5.84. The minimum atomic E-state index is -0.223. The van der Waals surface area contributed by atoms with Gasteiger partial charge in [0.15, 0.2) is 0 Å². The molecule has 1 heterocycles. The maximum Gasteiger partial charge on any atom is 0.137 e. The fraction of sp³-hybridized carbons (Fsp3) is 0.176. The second kappa shape index (κ2) is 6.00. The SMILES string of the molecule is CNCc1cn(Cc2cccc(F)c2Br)c2ccccc12. The average molecular weight is 347 g/mol. The molecule has 2 aromatic carbocycles. The second-order valence-electron chi connectivity index (χ2n) is 5.04. The van der Waals surface area contributed by atoms with Crippen LogP contribution in [0.4, 0.5) is 4.39 Å². The predicted octanol–water partition coefficient (Wildman–Crippen LogP) is 4.31. The number of nitrogens with one attached hydrogen (secondary N) is 1. The molecule has 0 saturated heterocycles. The maximum absolute atomic E-state index is 13.7. The first-order chi connectivity index (χ1) is 10.2. The molecule has 0 atom stereocenters. The molecule has 0 aliphatic heterocycles. The molecule has 0 spiro atoms. The summed E-state index contributed by atoms with van der Waals surface area (Å²) in [4.78, 5) is 0. The molecule has 21 heavy (non-hydrogen) atoms. The van der Waals surface area contributed by atoms with Gasteiger partial charge in [-0.1, -0.05) is 30.3 Å². The predicted molar refractivity (Wildman–Crippen MR) is 87.9 cm³/mol. The topological polar surface area (TPSA) is 17.0 Å². The molecule has 0 saturated carbocycles. The quantitative estimate of drug-likeness (QED) is 0.744. The van der Waals surface area contributed by atoms with Crippen molar-refractivity contribution in [3.05, 3.63) is 70.1 Å². The van der Waals surface area contributed by atoms with E-state index in [2.05, 4.69) is 44.1 Å². The largest absolute Gasteiger partial charge is 0.343 e. The summed E-state index contributed by atoms with van der Waals surface area (Å²) in [5.74, 6) is -0.223. The highest BCUT2D eigenvalue weighted by molar-refractivity contribution is 9.10. The van der Waals surface area contributed by atoms with E-state index >= 15 is 0 Å². The van der Waals surface area contributed by atoms with Crippen LogP contribution in [-0.4, -0.2) is 11.6 Å². The lowest BCUT2D eigenvalue weighted by molar-refractivity contribution is 0.616. The van der Waals surface area contributed by atoms with Crippen LogP contribution in [0.1, 0.15) is 11.1 Å². The van der Waals surface area contributed by atoms with Crippen LogP contribution in [-0.2, 0) is 13.1 Å². The molecule has 0 amide bonds. The zero-order valence-corrected chi connectivity index (χ0v) is 13.3. The van der Waals surface area contributed by atoms with Gasteiger partial charge in [-0.15, -0.1) is 0 Å². The maximum atomic E-state index is 13.7. The molecule has 1 N–H and O–H groups in total. The standard InChI is InChI=1S/C17H16BrFN2/c1-20-9-13-11-21(16-8-3-2-6-14(13)16)10-12-5-4-7-15(19)17(12)18/h2-8,11,20H,9-10H2,1H3. The van der Waals surface area contributed by atoms with E-state index < -0.39 is 0 Å². The van der Waals surface area contributed by atoms with Crippen molar-refractivity contribution in [2.75, 3.05) is 7.05 Å². The van der Waals surface area contributed by atoms with E-state index in [1.54, 1.807) is 6.07 Å². The van der Waals surface area contributed by atoms with Crippen LogP contribution in [0, 0.1) is 5.82 Å². The highest BCUT2D eigenvalue weighted by Gasteiger charge is 2.10. The number of hydrogen-bond donors (Lipinski definition) is 1. The van der Waals surface area contributed by atoms with Crippen molar-refractivity contribution >= 4 is 26.8 Å². The van der Waals surface area contributed by atoms with Crippen molar-refractivity contribution in [1.82, 2.24) is 9.88 Å². The van der Waals surface area contributed by atoms with Gasteiger partial charge < -0.3 is 9.88 Å². The van der Waals surface area contributed by atoms with Gasteiger partial charge in [0, 0.05) is 30.2 Å². The Balaban J connectivity index is 2.06. The summed E-state index contributed by atoms with van der Waals surface area (Å²) in [6.45, 7) is 1.46. The van der Waals surface area contributed by atoms with E-state index in [0.717, 1.165) is 12.1 Å². The molecule has 1 aromatic heterocycles. The van der Waals surface area contributed by atoms with Crippen molar-refractivity contribution in [3.63, 3.8) is 0 Å². The molecule has 0 unspecified atom stereocenters. The van der Waals surface area contributed by atoms with Gasteiger partial charge in [0.25, 0.3) is 0 Å². The van der Waals surface area contributed by atoms with Gasteiger partial charge in [-0.05, 0) is 46.2 Å². The summed E-state index contributed by atoms with van der Waals surface area (Å²) >= 11 is 3.34. The van der Waals surface area contributed by atoms with Crippen molar-refractivity contribution in [2.45, 2.75) is 13.1 Å². The van der Waals surface area contributed by atoms with Crippen molar-refractivity contribution in [2.24, 2.45) is 0 Å². The summed E-state index contributed by atoms with van der Waals surface area (Å²) in [6, 6.07) is 13.5. The Labute approximate surface area is 131 Å². The molecule has 0 aliphatic rings. The molecule has 0 radical (unpaired) electrons. The molecular weight excluding hydrogens is 331 g/mol. The van der Waals surface area contributed by atoms with Gasteiger partial charge in [0.2, 0.25) is 0 Å². The van der Waals surface area contributed by atoms with Crippen molar-refractivity contribution in [1.29, 1.82) is 0 Å². The number of benzene rings is 2. The molecule has 0 aliphatic carbocycles. The zero-order chi connectivity index (χ0) is 14.8. The number of halogens is 2. The Morgan fingerprint density at radius 2 is 1.90 bits per heavy atom. The molecule has 0 fully saturated rings. The lowest BCUT2D eigenvalue weighted by atomic mass is 10.2. The van der Waals surface area contributed by atoms with E-state index in [9.17, 15) is 4.39 Å². The van der Waals surface area contributed by atoms with Crippen LogP contribution in [0.3, 0.4) is 0 Å². The first kappa shape index (κ1) is 14.3. The number of fused-ring (bicyclic) bond motifs is 1. The third kappa shape index (κ3) is 2.74. The lowest BCUT2D eigenvalue weighted by Crippen LogP contribution is -2.04. The van der Waals surface area contributed by atoms with Crippen LogP contribution >= 0.6 is 15.9 Å². The Bertz CT molecular complexity index is 780. The summed E-state index contributed by atoms with van der Waals surface area (Å²) < 4.78 is 16.4. The van der Waals surface area contributed by atoms with Crippen LogP contribution in [0.2, 0.25) is 0 Å². The monoisotopic (exact) mass is 346 g/mol.